The average Bonchev–Trinajstić information content (AvgIpc) is 2.65. The summed E-state index contributed by atoms with van der Waals surface area (Å²) in [6, 6.07) is 12.0. The summed E-state index contributed by atoms with van der Waals surface area (Å²) < 4.78 is 5.27. The summed E-state index contributed by atoms with van der Waals surface area (Å²) in [5.74, 6) is -0.520. The van der Waals surface area contributed by atoms with Gasteiger partial charge in [-0.15, -0.1) is 0 Å². The minimum atomic E-state index is -0.809. The van der Waals surface area contributed by atoms with Gasteiger partial charge in [-0.3, -0.25) is 4.79 Å². The van der Waals surface area contributed by atoms with Crippen molar-refractivity contribution in [3.05, 3.63) is 59.7 Å². The molecule has 0 bridgehead atoms. The zero-order chi connectivity index (χ0) is 19.6. The Morgan fingerprint density at radius 3 is 2.07 bits per heavy atom. The Kier molecular flexibility index (Phi) is 7.67. The van der Waals surface area contributed by atoms with E-state index < -0.39 is 12.0 Å². The second kappa shape index (κ2) is 10.2. The van der Waals surface area contributed by atoms with E-state index in [1.165, 1.54) is 24.3 Å². The van der Waals surface area contributed by atoms with E-state index in [4.69, 9.17) is 4.74 Å². The Morgan fingerprint density at radius 2 is 1.52 bits per heavy atom. The zero-order valence-electron chi connectivity index (χ0n) is 15.4. The minimum Gasteiger partial charge on any atom is -0.508 e. The molecule has 6 heteroatoms. The molecule has 2 rings (SSSR count). The summed E-state index contributed by atoms with van der Waals surface area (Å²) >= 11 is 0. The number of esters is 1. The Labute approximate surface area is 158 Å². The molecule has 27 heavy (non-hydrogen) atoms. The first kappa shape index (κ1) is 20.3. The van der Waals surface area contributed by atoms with Crippen molar-refractivity contribution < 1.29 is 24.5 Å². The van der Waals surface area contributed by atoms with Crippen molar-refractivity contribution in [1.29, 1.82) is 0 Å². The van der Waals surface area contributed by atoms with Crippen LogP contribution >= 0.6 is 0 Å². The third-order valence-corrected chi connectivity index (χ3v) is 4.04. The van der Waals surface area contributed by atoms with Gasteiger partial charge in [0.15, 0.2) is 0 Å². The predicted molar refractivity (Wildman–Crippen MR) is 101 cm³/mol. The van der Waals surface area contributed by atoms with Crippen molar-refractivity contribution >= 4 is 11.9 Å². The number of hydrogen-bond acceptors (Lipinski definition) is 5. The number of ether oxygens (including phenoxy) is 1. The van der Waals surface area contributed by atoms with Crippen LogP contribution in [0.5, 0.6) is 11.5 Å². The third-order valence-electron chi connectivity index (χ3n) is 4.04. The SMILES string of the molecule is CCCCOC(=O)C(Cc1ccc(O)cc1)NC(=O)Cc1ccc(O)cc1. The van der Waals surface area contributed by atoms with Crippen molar-refractivity contribution in [3.63, 3.8) is 0 Å². The van der Waals surface area contributed by atoms with Crippen LogP contribution in [0.2, 0.25) is 0 Å². The fourth-order valence-corrected chi connectivity index (χ4v) is 2.52. The van der Waals surface area contributed by atoms with E-state index in [0.717, 1.165) is 24.0 Å². The van der Waals surface area contributed by atoms with Gasteiger partial charge in [0.05, 0.1) is 13.0 Å². The van der Waals surface area contributed by atoms with E-state index in [2.05, 4.69) is 5.32 Å². The summed E-state index contributed by atoms with van der Waals surface area (Å²) in [6.45, 7) is 2.32. The number of phenolic OH excluding ortho intramolecular Hbond substituents is 2. The summed E-state index contributed by atoms with van der Waals surface area (Å²) in [6.07, 6.45) is 2.03. The molecule has 0 saturated carbocycles. The van der Waals surface area contributed by atoms with Crippen molar-refractivity contribution in [2.24, 2.45) is 0 Å². The van der Waals surface area contributed by atoms with Gasteiger partial charge >= 0.3 is 5.97 Å². The van der Waals surface area contributed by atoms with Gasteiger partial charge in [-0.1, -0.05) is 37.6 Å². The van der Waals surface area contributed by atoms with Gasteiger partial charge in [0.1, 0.15) is 17.5 Å². The molecule has 1 amide bonds. The highest BCUT2D eigenvalue weighted by atomic mass is 16.5. The Bertz CT molecular complexity index is 740. The van der Waals surface area contributed by atoms with Crippen LogP contribution in [0.4, 0.5) is 0 Å². The standard InChI is InChI=1S/C21H25NO5/c1-2-3-12-27-21(26)19(13-15-4-8-17(23)9-5-15)22-20(25)14-16-6-10-18(24)11-7-16/h4-11,19,23-24H,2-3,12-14H2,1H3,(H,22,25). The molecule has 0 aliphatic rings. The van der Waals surface area contributed by atoms with Gasteiger partial charge in [-0.2, -0.15) is 0 Å². The third kappa shape index (κ3) is 7.01. The molecular weight excluding hydrogens is 346 g/mol. The normalized spacial score (nSPS) is 11.6. The summed E-state index contributed by atoms with van der Waals surface area (Å²) in [5.41, 5.74) is 1.53. The molecule has 1 atom stereocenters. The number of benzene rings is 2. The number of carbonyl (C=O) groups is 2. The smallest absolute Gasteiger partial charge is 0.328 e. The highest BCUT2D eigenvalue weighted by molar-refractivity contribution is 5.85. The van der Waals surface area contributed by atoms with Crippen molar-refractivity contribution in [3.8, 4) is 11.5 Å². The number of nitrogens with one attached hydrogen (secondary N) is 1. The fourth-order valence-electron chi connectivity index (χ4n) is 2.52. The number of rotatable bonds is 9. The molecule has 0 aromatic heterocycles. The largest absolute Gasteiger partial charge is 0.508 e. The van der Waals surface area contributed by atoms with Crippen LogP contribution in [-0.4, -0.2) is 34.7 Å². The number of aromatic hydroxyl groups is 2. The Morgan fingerprint density at radius 1 is 0.963 bits per heavy atom. The summed E-state index contributed by atoms with van der Waals surface area (Å²) in [5, 5.41) is 21.4. The van der Waals surface area contributed by atoms with Crippen molar-refractivity contribution in [1.82, 2.24) is 5.32 Å². The number of hydrogen-bond donors (Lipinski definition) is 3. The Balaban J connectivity index is 2.03. The molecular formula is C21H25NO5. The van der Waals surface area contributed by atoms with Crippen LogP contribution in [0.15, 0.2) is 48.5 Å². The van der Waals surface area contributed by atoms with E-state index in [1.54, 1.807) is 24.3 Å². The topological polar surface area (TPSA) is 95.9 Å². The molecule has 6 nitrogen and oxygen atoms in total. The quantitative estimate of drug-likeness (QED) is 0.465. The molecule has 0 heterocycles. The molecule has 3 N–H and O–H groups in total. The monoisotopic (exact) mass is 371 g/mol. The molecule has 1 unspecified atom stereocenters. The average molecular weight is 371 g/mol. The highest BCUT2D eigenvalue weighted by Gasteiger charge is 2.23. The van der Waals surface area contributed by atoms with Crippen LogP contribution in [0, 0.1) is 0 Å². The molecule has 0 aliphatic heterocycles. The van der Waals surface area contributed by atoms with Crippen LogP contribution in [-0.2, 0) is 27.2 Å². The predicted octanol–water partition coefficient (Wildman–Crippen LogP) is 2.71. The van der Waals surface area contributed by atoms with E-state index in [9.17, 15) is 19.8 Å². The first-order valence-electron chi connectivity index (χ1n) is 8.99. The lowest BCUT2D eigenvalue weighted by Gasteiger charge is -2.18. The summed E-state index contributed by atoms with van der Waals surface area (Å²) in [7, 11) is 0. The first-order chi connectivity index (χ1) is 13.0. The van der Waals surface area contributed by atoms with Crippen LogP contribution < -0.4 is 5.32 Å². The lowest BCUT2D eigenvalue weighted by molar-refractivity contribution is -0.148. The summed E-state index contributed by atoms with van der Waals surface area (Å²) in [4.78, 5) is 24.8. The van der Waals surface area contributed by atoms with Crippen LogP contribution in [0.25, 0.3) is 0 Å². The van der Waals surface area contributed by atoms with Crippen molar-refractivity contribution in [2.45, 2.75) is 38.6 Å². The second-order valence-electron chi connectivity index (χ2n) is 6.35. The maximum absolute atomic E-state index is 12.4. The molecule has 0 radical (unpaired) electrons. The number of unbranched alkanes of at least 4 members (excludes halogenated alkanes) is 1. The molecule has 0 aliphatic carbocycles. The van der Waals surface area contributed by atoms with Gasteiger partial charge in [0.25, 0.3) is 0 Å². The molecule has 144 valence electrons. The van der Waals surface area contributed by atoms with E-state index >= 15 is 0 Å². The van der Waals surface area contributed by atoms with E-state index in [1.807, 2.05) is 6.92 Å². The van der Waals surface area contributed by atoms with Gasteiger partial charge < -0.3 is 20.3 Å². The zero-order valence-corrected chi connectivity index (χ0v) is 15.4. The number of phenols is 2. The van der Waals surface area contributed by atoms with Gasteiger partial charge in [-0.05, 0) is 41.8 Å². The van der Waals surface area contributed by atoms with E-state index in [-0.39, 0.29) is 30.2 Å². The van der Waals surface area contributed by atoms with Gasteiger partial charge in [-0.25, -0.2) is 4.79 Å². The number of amides is 1. The minimum absolute atomic E-state index is 0.0919. The highest BCUT2D eigenvalue weighted by Crippen LogP contribution is 2.13. The van der Waals surface area contributed by atoms with Crippen LogP contribution in [0.3, 0.4) is 0 Å². The fraction of sp³-hybridized carbons (Fsp3) is 0.333. The molecule has 0 saturated heterocycles. The first-order valence-corrected chi connectivity index (χ1v) is 8.99. The number of carbonyl (C=O) groups excluding carboxylic acids is 2. The lowest BCUT2D eigenvalue weighted by Crippen LogP contribution is -2.44. The molecule has 0 spiro atoms. The Hall–Kier alpha value is -3.02. The maximum Gasteiger partial charge on any atom is 0.328 e. The maximum atomic E-state index is 12.4. The second-order valence-corrected chi connectivity index (χ2v) is 6.35. The lowest BCUT2D eigenvalue weighted by atomic mass is 10.0. The molecule has 2 aromatic carbocycles. The molecule has 0 fully saturated rings. The van der Waals surface area contributed by atoms with Crippen molar-refractivity contribution in [2.75, 3.05) is 6.61 Å². The molecule has 2 aromatic rings. The van der Waals surface area contributed by atoms with E-state index in [0.29, 0.717) is 6.61 Å². The van der Waals surface area contributed by atoms with Gasteiger partial charge in [0, 0.05) is 6.42 Å². The van der Waals surface area contributed by atoms with Crippen LogP contribution in [0.1, 0.15) is 30.9 Å². The van der Waals surface area contributed by atoms with Gasteiger partial charge in [0.2, 0.25) is 5.91 Å².